The summed E-state index contributed by atoms with van der Waals surface area (Å²) in [7, 11) is 1.89. The molecule has 0 heterocycles. The maximum absolute atomic E-state index is 9.95. The molecular formula is C14H23N3O. The first-order chi connectivity index (χ1) is 8.72. The van der Waals surface area contributed by atoms with E-state index in [0.29, 0.717) is 6.54 Å². The van der Waals surface area contributed by atoms with Crippen LogP contribution in [0.3, 0.4) is 0 Å². The number of phenols is 1. The normalized spacial score (nSPS) is 11.1. The predicted molar refractivity (Wildman–Crippen MR) is 78.1 cm³/mol. The number of nitrogens with zero attached hydrogens (tertiary/aromatic N) is 2. The van der Waals surface area contributed by atoms with Crippen molar-refractivity contribution in [3.63, 3.8) is 0 Å². The van der Waals surface area contributed by atoms with E-state index < -0.39 is 0 Å². The quantitative estimate of drug-likeness (QED) is 0.573. The number of hydrogen-bond donors (Lipinski definition) is 2. The topological polar surface area (TPSA) is 47.9 Å². The lowest BCUT2D eigenvalue weighted by Crippen LogP contribution is -2.21. The van der Waals surface area contributed by atoms with Gasteiger partial charge in [-0.05, 0) is 33.0 Å². The molecule has 0 bridgehead atoms. The Hall–Kier alpha value is -1.55. The summed E-state index contributed by atoms with van der Waals surface area (Å²) in [5.41, 5.74) is 1.81. The number of aromatic hydroxyl groups is 1. The van der Waals surface area contributed by atoms with E-state index in [1.54, 1.807) is 12.3 Å². The first-order valence-corrected chi connectivity index (χ1v) is 6.45. The van der Waals surface area contributed by atoms with E-state index in [0.717, 1.165) is 30.9 Å². The van der Waals surface area contributed by atoms with Crippen LogP contribution in [-0.2, 0) is 0 Å². The SMILES string of the molecule is CCN(CC)c1ccc(C=NCCNC)c(O)c1. The standard InChI is InChI=1S/C14H23N3O/c1-4-17(5-2)13-7-6-12(14(18)10-13)11-16-9-8-15-3/h6-7,10-11,15,18H,4-5,8-9H2,1-3H3. The van der Waals surface area contributed by atoms with E-state index in [4.69, 9.17) is 0 Å². The number of hydrogen-bond acceptors (Lipinski definition) is 4. The fourth-order valence-electron chi connectivity index (χ4n) is 1.77. The monoisotopic (exact) mass is 249 g/mol. The molecule has 1 aromatic rings. The van der Waals surface area contributed by atoms with Crippen LogP contribution in [0.2, 0.25) is 0 Å². The highest BCUT2D eigenvalue weighted by Crippen LogP contribution is 2.23. The summed E-state index contributed by atoms with van der Waals surface area (Å²) >= 11 is 0. The molecule has 4 heteroatoms. The van der Waals surface area contributed by atoms with Gasteiger partial charge in [0.15, 0.2) is 0 Å². The van der Waals surface area contributed by atoms with Gasteiger partial charge >= 0.3 is 0 Å². The fourth-order valence-corrected chi connectivity index (χ4v) is 1.77. The van der Waals surface area contributed by atoms with Gasteiger partial charge in [0.25, 0.3) is 0 Å². The van der Waals surface area contributed by atoms with E-state index in [1.807, 2.05) is 19.2 Å². The number of rotatable bonds is 7. The largest absolute Gasteiger partial charge is 0.507 e. The van der Waals surface area contributed by atoms with Crippen molar-refractivity contribution in [3.8, 4) is 5.75 Å². The Morgan fingerprint density at radius 2 is 2.06 bits per heavy atom. The van der Waals surface area contributed by atoms with E-state index >= 15 is 0 Å². The smallest absolute Gasteiger partial charge is 0.126 e. The number of anilines is 1. The second kappa shape index (κ2) is 7.71. The molecule has 0 saturated heterocycles. The Morgan fingerprint density at radius 1 is 1.33 bits per heavy atom. The molecule has 0 atom stereocenters. The molecule has 0 saturated carbocycles. The summed E-state index contributed by atoms with van der Waals surface area (Å²) in [5.74, 6) is 0.285. The lowest BCUT2D eigenvalue weighted by molar-refractivity contribution is 0.474. The maximum atomic E-state index is 9.95. The Labute approximate surface area is 109 Å². The first kappa shape index (κ1) is 14.5. The van der Waals surface area contributed by atoms with Gasteiger partial charge < -0.3 is 15.3 Å². The average Bonchev–Trinajstić information content (AvgIpc) is 2.38. The summed E-state index contributed by atoms with van der Waals surface area (Å²) in [5, 5.41) is 13.0. The van der Waals surface area contributed by atoms with Crippen molar-refractivity contribution >= 4 is 11.9 Å². The van der Waals surface area contributed by atoms with Crippen molar-refractivity contribution in [2.45, 2.75) is 13.8 Å². The van der Waals surface area contributed by atoms with Crippen LogP contribution in [0.25, 0.3) is 0 Å². The van der Waals surface area contributed by atoms with Crippen LogP contribution < -0.4 is 10.2 Å². The van der Waals surface area contributed by atoms with Crippen molar-refractivity contribution in [1.29, 1.82) is 0 Å². The molecule has 0 aromatic heterocycles. The van der Waals surface area contributed by atoms with E-state index in [1.165, 1.54) is 0 Å². The molecular weight excluding hydrogens is 226 g/mol. The molecule has 1 aromatic carbocycles. The van der Waals surface area contributed by atoms with Gasteiger partial charge in [0.05, 0.1) is 6.54 Å². The van der Waals surface area contributed by atoms with Crippen LogP contribution in [-0.4, -0.2) is 44.5 Å². The molecule has 18 heavy (non-hydrogen) atoms. The molecule has 2 N–H and O–H groups in total. The van der Waals surface area contributed by atoms with Crippen LogP contribution >= 0.6 is 0 Å². The van der Waals surface area contributed by atoms with Gasteiger partial charge in [0.2, 0.25) is 0 Å². The van der Waals surface area contributed by atoms with Gasteiger partial charge in [-0.1, -0.05) is 0 Å². The zero-order chi connectivity index (χ0) is 13.4. The number of phenolic OH excluding ortho intramolecular Hbond substituents is 1. The van der Waals surface area contributed by atoms with E-state index in [9.17, 15) is 5.11 Å². The Balaban J connectivity index is 2.76. The van der Waals surface area contributed by atoms with Crippen LogP contribution in [0.4, 0.5) is 5.69 Å². The van der Waals surface area contributed by atoms with Crippen molar-refractivity contribution in [2.75, 3.05) is 38.1 Å². The van der Waals surface area contributed by atoms with E-state index in [2.05, 4.69) is 29.1 Å². The molecule has 0 amide bonds. The zero-order valence-corrected chi connectivity index (χ0v) is 11.5. The molecule has 0 unspecified atom stereocenters. The van der Waals surface area contributed by atoms with Gasteiger partial charge in [-0.25, -0.2) is 0 Å². The Kier molecular flexibility index (Phi) is 6.22. The minimum Gasteiger partial charge on any atom is -0.507 e. The van der Waals surface area contributed by atoms with Gasteiger partial charge in [-0.2, -0.15) is 0 Å². The molecule has 0 fully saturated rings. The minimum atomic E-state index is 0.285. The fraction of sp³-hybridized carbons (Fsp3) is 0.500. The Bertz CT molecular complexity index is 387. The molecule has 0 aliphatic heterocycles. The zero-order valence-electron chi connectivity index (χ0n) is 11.5. The van der Waals surface area contributed by atoms with Gasteiger partial charge in [0, 0.05) is 43.2 Å². The van der Waals surface area contributed by atoms with Crippen molar-refractivity contribution in [1.82, 2.24) is 5.32 Å². The molecule has 0 spiro atoms. The Morgan fingerprint density at radius 3 is 2.61 bits per heavy atom. The number of nitrogens with one attached hydrogen (secondary N) is 1. The minimum absolute atomic E-state index is 0.285. The summed E-state index contributed by atoms with van der Waals surface area (Å²) in [6, 6.07) is 5.73. The molecule has 100 valence electrons. The summed E-state index contributed by atoms with van der Waals surface area (Å²) in [6.45, 7) is 7.64. The summed E-state index contributed by atoms with van der Waals surface area (Å²) in [4.78, 5) is 6.44. The molecule has 1 rings (SSSR count). The second-order valence-corrected chi connectivity index (χ2v) is 4.05. The van der Waals surface area contributed by atoms with Crippen LogP contribution in [0.5, 0.6) is 5.75 Å². The third-order valence-corrected chi connectivity index (χ3v) is 2.86. The van der Waals surface area contributed by atoms with E-state index in [-0.39, 0.29) is 5.75 Å². The van der Waals surface area contributed by atoms with Crippen molar-refractivity contribution in [3.05, 3.63) is 23.8 Å². The summed E-state index contributed by atoms with van der Waals surface area (Å²) < 4.78 is 0. The predicted octanol–water partition coefficient (Wildman–Crippen LogP) is 1.88. The molecule has 0 aliphatic rings. The van der Waals surface area contributed by atoms with Crippen molar-refractivity contribution in [2.24, 2.45) is 4.99 Å². The average molecular weight is 249 g/mol. The lowest BCUT2D eigenvalue weighted by atomic mass is 10.2. The van der Waals surface area contributed by atoms with Crippen LogP contribution in [0, 0.1) is 0 Å². The second-order valence-electron chi connectivity index (χ2n) is 4.05. The molecule has 0 aliphatic carbocycles. The molecule has 4 nitrogen and oxygen atoms in total. The number of likely N-dealkylation sites (N-methyl/N-ethyl adjacent to an activating group) is 1. The highest BCUT2D eigenvalue weighted by Gasteiger charge is 2.05. The highest BCUT2D eigenvalue weighted by atomic mass is 16.3. The van der Waals surface area contributed by atoms with Crippen LogP contribution in [0.15, 0.2) is 23.2 Å². The lowest BCUT2D eigenvalue weighted by Gasteiger charge is -2.21. The molecule has 0 radical (unpaired) electrons. The third kappa shape index (κ3) is 4.04. The van der Waals surface area contributed by atoms with Gasteiger partial charge in [-0.3, -0.25) is 4.99 Å². The highest BCUT2D eigenvalue weighted by molar-refractivity contribution is 5.84. The first-order valence-electron chi connectivity index (χ1n) is 6.45. The van der Waals surface area contributed by atoms with Crippen molar-refractivity contribution < 1.29 is 5.11 Å². The summed E-state index contributed by atoms with van der Waals surface area (Å²) in [6.07, 6.45) is 1.72. The third-order valence-electron chi connectivity index (χ3n) is 2.86. The maximum Gasteiger partial charge on any atom is 0.126 e. The van der Waals surface area contributed by atoms with Gasteiger partial charge in [0.1, 0.15) is 5.75 Å². The van der Waals surface area contributed by atoms with Crippen LogP contribution in [0.1, 0.15) is 19.4 Å². The number of benzene rings is 1. The number of aliphatic imine (C=N–C) groups is 1. The van der Waals surface area contributed by atoms with Gasteiger partial charge in [-0.15, -0.1) is 0 Å².